The lowest BCUT2D eigenvalue weighted by molar-refractivity contribution is 0.0732. The van der Waals surface area contributed by atoms with Gasteiger partial charge in [0.1, 0.15) is 17.4 Å². The number of rotatable bonds is 5. The Morgan fingerprint density at radius 2 is 2.07 bits per heavy atom. The topological polar surface area (TPSA) is 80.2 Å². The van der Waals surface area contributed by atoms with Crippen molar-refractivity contribution in [1.82, 2.24) is 19.9 Å². The summed E-state index contributed by atoms with van der Waals surface area (Å²) in [6.07, 6.45) is 6.72. The lowest BCUT2D eigenvalue weighted by Crippen LogP contribution is -2.31. The fraction of sp³-hybridized carbons (Fsp3) is 0.238. The van der Waals surface area contributed by atoms with Gasteiger partial charge in [-0.2, -0.15) is 0 Å². The van der Waals surface area contributed by atoms with E-state index in [1.165, 1.54) is 0 Å². The highest BCUT2D eigenvalue weighted by Gasteiger charge is 2.31. The smallest absolute Gasteiger partial charge is 0.254 e. The lowest BCUT2D eigenvalue weighted by Gasteiger charge is -2.25. The number of pyridine rings is 1. The fourth-order valence-corrected chi connectivity index (χ4v) is 3.44. The van der Waals surface area contributed by atoms with Crippen LogP contribution in [0.2, 0.25) is 0 Å². The molecule has 1 amide bonds. The van der Waals surface area contributed by atoms with Crippen molar-refractivity contribution in [2.24, 2.45) is 0 Å². The van der Waals surface area contributed by atoms with Crippen molar-refractivity contribution in [1.29, 1.82) is 0 Å². The van der Waals surface area contributed by atoms with Gasteiger partial charge in [-0.15, -0.1) is 0 Å². The first-order valence-electron chi connectivity index (χ1n) is 9.19. The van der Waals surface area contributed by atoms with Crippen LogP contribution in [0.1, 0.15) is 34.9 Å². The number of anilines is 2. The minimum Gasteiger partial charge on any atom is -0.497 e. The van der Waals surface area contributed by atoms with Crippen molar-refractivity contribution in [2.45, 2.75) is 18.9 Å². The standard InChI is InChI=1S/C21H21N5O2/c1-28-16-6-2-5-15(13-16)21(27)26-12-4-8-18(26)17-7-3-9-19(24-17)25-20-14-22-10-11-23-20/h2-3,5-7,9-11,13-14,18H,4,8,12H2,1H3,(H,23,24,25)/t18-/m0/s1. The van der Waals surface area contributed by atoms with Crippen LogP contribution in [0.3, 0.4) is 0 Å². The van der Waals surface area contributed by atoms with Gasteiger partial charge in [0.05, 0.1) is 25.0 Å². The summed E-state index contributed by atoms with van der Waals surface area (Å²) in [7, 11) is 1.60. The first-order valence-corrected chi connectivity index (χ1v) is 9.19. The summed E-state index contributed by atoms with van der Waals surface area (Å²) in [5.74, 6) is 1.98. The van der Waals surface area contributed by atoms with Crippen molar-refractivity contribution in [3.05, 3.63) is 72.3 Å². The summed E-state index contributed by atoms with van der Waals surface area (Å²) < 4.78 is 5.25. The molecule has 2 aromatic heterocycles. The number of aromatic nitrogens is 3. The summed E-state index contributed by atoms with van der Waals surface area (Å²) in [5, 5.41) is 3.15. The first-order chi connectivity index (χ1) is 13.7. The normalized spacial score (nSPS) is 16.0. The molecule has 7 heteroatoms. The summed E-state index contributed by atoms with van der Waals surface area (Å²) in [4.78, 5) is 27.9. The molecular weight excluding hydrogens is 354 g/mol. The van der Waals surface area contributed by atoms with E-state index in [0.29, 0.717) is 29.5 Å². The van der Waals surface area contributed by atoms with Gasteiger partial charge < -0.3 is 15.0 Å². The molecule has 0 saturated carbocycles. The van der Waals surface area contributed by atoms with Crippen molar-refractivity contribution in [2.75, 3.05) is 19.0 Å². The molecule has 1 aromatic carbocycles. The summed E-state index contributed by atoms with van der Waals surface area (Å²) in [5.41, 5.74) is 1.49. The van der Waals surface area contributed by atoms with Crippen LogP contribution in [-0.4, -0.2) is 39.4 Å². The highest BCUT2D eigenvalue weighted by molar-refractivity contribution is 5.95. The largest absolute Gasteiger partial charge is 0.497 e. The van der Waals surface area contributed by atoms with E-state index in [-0.39, 0.29) is 11.9 Å². The van der Waals surface area contributed by atoms with E-state index < -0.39 is 0 Å². The van der Waals surface area contributed by atoms with Crippen molar-refractivity contribution in [3.63, 3.8) is 0 Å². The number of benzene rings is 1. The summed E-state index contributed by atoms with van der Waals surface area (Å²) >= 11 is 0. The second kappa shape index (κ2) is 8.04. The number of likely N-dealkylation sites (tertiary alicyclic amines) is 1. The molecule has 142 valence electrons. The highest BCUT2D eigenvalue weighted by Crippen LogP contribution is 2.33. The number of carbonyl (C=O) groups is 1. The van der Waals surface area contributed by atoms with Gasteiger partial charge in [0, 0.05) is 24.5 Å². The van der Waals surface area contributed by atoms with Crippen molar-refractivity contribution >= 4 is 17.5 Å². The zero-order valence-electron chi connectivity index (χ0n) is 15.6. The molecule has 1 aliphatic heterocycles. The monoisotopic (exact) mass is 375 g/mol. The third kappa shape index (κ3) is 3.78. The zero-order chi connectivity index (χ0) is 19.3. The maximum atomic E-state index is 13.1. The Bertz CT molecular complexity index is 964. The fourth-order valence-electron chi connectivity index (χ4n) is 3.44. The molecule has 1 saturated heterocycles. The molecule has 3 heterocycles. The van der Waals surface area contributed by atoms with E-state index in [1.807, 2.05) is 41.3 Å². The van der Waals surface area contributed by atoms with E-state index >= 15 is 0 Å². The zero-order valence-corrected chi connectivity index (χ0v) is 15.6. The molecule has 1 atom stereocenters. The predicted molar refractivity (Wildman–Crippen MR) is 106 cm³/mol. The lowest BCUT2D eigenvalue weighted by atomic mass is 10.1. The van der Waals surface area contributed by atoms with E-state index in [0.717, 1.165) is 18.5 Å². The van der Waals surface area contributed by atoms with E-state index in [1.54, 1.807) is 31.8 Å². The van der Waals surface area contributed by atoms with Gasteiger partial charge in [0.25, 0.3) is 5.91 Å². The molecular formula is C21H21N5O2. The van der Waals surface area contributed by atoms with Gasteiger partial charge in [-0.3, -0.25) is 9.78 Å². The molecule has 3 aromatic rings. The number of nitrogens with zero attached hydrogens (tertiary/aromatic N) is 4. The third-order valence-electron chi connectivity index (χ3n) is 4.76. The number of carbonyl (C=O) groups excluding carboxylic acids is 1. The van der Waals surface area contributed by atoms with Crippen LogP contribution in [0.5, 0.6) is 5.75 Å². The first kappa shape index (κ1) is 17.9. The van der Waals surface area contributed by atoms with Crippen molar-refractivity contribution < 1.29 is 9.53 Å². The minimum atomic E-state index is -0.0534. The van der Waals surface area contributed by atoms with Gasteiger partial charge in [-0.1, -0.05) is 12.1 Å². The number of ether oxygens (including phenoxy) is 1. The molecule has 0 unspecified atom stereocenters. The summed E-state index contributed by atoms with van der Waals surface area (Å²) in [6, 6.07) is 13.0. The van der Waals surface area contributed by atoms with Crippen LogP contribution in [0, 0.1) is 0 Å². The van der Waals surface area contributed by atoms with E-state index in [2.05, 4.69) is 15.3 Å². The number of methoxy groups -OCH3 is 1. The maximum absolute atomic E-state index is 13.1. The van der Waals surface area contributed by atoms with Crippen LogP contribution >= 0.6 is 0 Å². The Kier molecular flexibility index (Phi) is 5.14. The molecule has 28 heavy (non-hydrogen) atoms. The molecule has 4 rings (SSSR count). The molecule has 7 nitrogen and oxygen atoms in total. The Balaban J connectivity index is 1.56. The van der Waals surface area contributed by atoms with Crippen LogP contribution in [0.25, 0.3) is 0 Å². The van der Waals surface area contributed by atoms with Crippen LogP contribution in [0.15, 0.2) is 61.1 Å². The third-order valence-corrected chi connectivity index (χ3v) is 4.76. The number of hydrogen-bond acceptors (Lipinski definition) is 6. The van der Waals surface area contributed by atoms with E-state index in [4.69, 9.17) is 9.72 Å². The highest BCUT2D eigenvalue weighted by atomic mass is 16.5. The Morgan fingerprint density at radius 3 is 2.89 bits per heavy atom. The van der Waals surface area contributed by atoms with Gasteiger partial charge >= 0.3 is 0 Å². The predicted octanol–water partition coefficient (Wildman–Crippen LogP) is 3.60. The molecule has 1 N–H and O–H groups in total. The second-order valence-electron chi connectivity index (χ2n) is 6.55. The summed E-state index contributed by atoms with van der Waals surface area (Å²) in [6.45, 7) is 0.713. The SMILES string of the molecule is COc1cccc(C(=O)N2CCC[C@H]2c2cccc(Nc3cnccn3)n2)c1. The molecule has 1 aliphatic rings. The van der Waals surface area contributed by atoms with Gasteiger partial charge in [-0.05, 0) is 43.2 Å². The average molecular weight is 375 g/mol. The maximum Gasteiger partial charge on any atom is 0.254 e. The average Bonchev–Trinajstić information content (AvgIpc) is 3.24. The number of amides is 1. The molecule has 0 bridgehead atoms. The van der Waals surface area contributed by atoms with Gasteiger partial charge in [0.15, 0.2) is 0 Å². The van der Waals surface area contributed by atoms with Crippen molar-refractivity contribution in [3.8, 4) is 5.75 Å². The Hall–Kier alpha value is -3.48. The molecule has 1 fully saturated rings. The molecule has 0 radical (unpaired) electrons. The Labute approximate surface area is 163 Å². The number of hydrogen-bond donors (Lipinski definition) is 1. The van der Waals surface area contributed by atoms with Crippen LogP contribution in [-0.2, 0) is 0 Å². The quantitative estimate of drug-likeness (QED) is 0.734. The van der Waals surface area contributed by atoms with E-state index in [9.17, 15) is 4.79 Å². The van der Waals surface area contributed by atoms with Gasteiger partial charge in [-0.25, -0.2) is 9.97 Å². The van der Waals surface area contributed by atoms with Gasteiger partial charge in [0.2, 0.25) is 0 Å². The Morgan fingerprint density at radius 1 is 1.18 bits per heavy atom. The van der Waals surface area contributed by atoms with Crippen LogP contribution in [0.4, 0.5) is 11.6 Å². The second-order valence-corrected chi connectivity index (χ2v) is 6.55. The molecule has 0 spiro atoms. The number of nitrogens with one attached hydrogen (secondary N) is 1. The minimum absolute atomic E-state index is 0.00418. The van der Waals surface area contributed by atoms with Crippen LogP contribution < -0.4 is 10.1 Å². The molecule has 0 aliphatic carbocycles.